The van der Waals surface area contributed by atoms with Crippen LogP contribution in [0.25, 0.3) is 0 Å². The van der Waals surface area contributed by atoms with Gasteiger partial charge in [0.2, 0.25) is 0 Å². The van der Waals surface area contributed by atoms with Gasteiger partial charge in [0.25, 0.3) is 5.91 Å². The summed E-state index contributed by atoms with van der Waals surface area (Å²) < 4.78 is 2.59. The highest BCUT2D eigenvalue weighted by Crippen LogP contribution is 2.33. The number of carbonyl (C=O) groups is 2. The lowest BCUT2D eigenvalue weighted by molar-refractivity contribution is -0.130. The lowest BCUT2D eigenvalue weighted by Crippen LogP contribution is -2.47. The van der Waals surface area contributed by atoms with Gasteiger partial charge in [0.1, 0.15) is 5.54 Å². The summed E-state index contributed by atoms with van der Waals surface area (Å²) in [5.41, 5.74) is -0.646. The van der Waals surface area contributed by atoms with E-state index in [0.717, 1.165) is 16.6 Å². The number of urea groups is 1. The van der Waals surface area contributed by atoms with E-state index in [1.807, 2.05) is 6.20 Å². The number of amides is 3. The van der Waals surface area contributed by atoms with Crippen LogP contribution in [0, 0.1) is 0 Å². The molecule has 6 nitrogen and oxygen atoms in total. The van der Waals surface area contributed by atoms with Crippen LogP contribution in [0.4, 0.5) is 4.79 Å². The zero-order chi connectivity index (χ0) is 13.5. The van der Waals surface area contributed by atoms with Crippen molar-refractivity contribution in [1.29, 1.82) is 0 Å². The van der Waals surface area contributed by atoms with Crippen molar-refractivity contribution in [3.63, 3.8) is 0 Å². The maximum Gasteiger partial charge on any atom is 0.325 e. The lowest BCUT2D eigenvalue weighted by Gasteiger charge is -2.19. The number of halogens is 1. The van der Waals surface area contributed by atoms with Gasteiger partial charge in [-0.1, -0.05) is 0 Å². The van der Waals surface area contributed by atoms with Crippen molar-refractivity contribution < 1.29 is 9.59 Å². The van der Waals surface area contributed by atoms with Crippen LogP contribution in [0.3, 0.4) is 0 Å². The minimum atomic E-state index is -0.646. The van der Waals surface area contributed by atoms with Gasteiger partial charge in [0.05, 0.1) is 23.8 Å². The average Bonchev–Trinajstić information content (AvgIpc) is 3.04. The molecule has 1 aromatic rings. The van der Waals surface area contributed by atoms with Crippen molar-refractivity contribution >= 4 is 39.6 Å². The van der Waals surface area contributed by atoms with Gasteiger partial charge in [0.15, 0.2) is 0 Å². The molecular weight excluding hydrogens is 332 g/mol. The van der Waals surface area contributed by atoms with E-state index in [4.69, 9.17) is 0 Å². The Bertz CT molecular complexity index is 527. The largest absolute Gasteiger partial charge is 0.325 e. The predicted octanol–water partition coefficient (Wildman–Crippen LogP) is 1.07. The van der Waals surface area contributed by atoms with Crippen LogP contribution in [-0.4, -0.2) is 50.2 Å². The molecule has 3 amide bonds. The van der Waals surface area contributed by atoms with Crippen LogP contribution in [0.15, 0.2) is 16.9 Å². The number of aromatic nitrogens is 2. The smallest absolute Gasteiger partial charge is 0.322 e. The van der Waals surface area contributed by atoms with Crippen molar-refractivity contribution in [3.05, 3.63) is 16.9 Å². The van der Waals surface area contributed by atoms with Gasteiger partial charge in [-0.25, -0.2) is 4.79 Å². The van der Waals surface area contributed by atoms with Crippen molar-refractivity contribution in [1.82, 2.24) is 20.0 Å². The summed E-state index contributed by atoms with van der Waals surface area (Å²) in [6, 6.07) is -0.279. The van der Waals surface area contributed by atoms with Gasteiger partial charge in [-0.05, 0) is 28.1 Å². The zero-order valence-corrected chi connectivity index (χ0v) is 12.5. The van der Waals surface area contributed by atoms with Crippen LogP contribution in [0.5, 0.6) is 0 Å². The SMILES string of the molecule is O=C1NC2(CCSC2)C(=O)N1CCn1cc(Br)cn1. The fraction of sp³-hybridized carbons (Fsp3) is 0.545. The van der Waals surface area contributed by atoms with Gasteiger partial charge < -0.3 is 5.32 Å². The molecule has 1 N–H and O–H groups in total. The molecule has 2 aliphatic heterocycles. The Hall–Kier alpha value is -1.02. The summed E-state index contributed by atoms with van der Waals surface area (Å²) in [5.74, 6) is 1.52. The molecule has 0 bridgehead atoms. The third-order valence-electron chi connectivity index (χ3n) is 3.42. The summed E-state index contributed by atoms with van der Waals surface area (Å²) in [6.07, 6.45) is 4.23. The van der Waals surface area contributed by atoms with E-state index >= 15 is 0 Å². The van der Waals surface area contributed by atoms with Gasteiger partial charge >= 0.3 is 6.03 Å². The number of imide groups is 1. The standard InChI is InChI=1S/C11H13BrN4O2S/c12-8-5-13-15(6-8)2-3-16-9(17)11(14-10(16)18)1-4-19-7-11/h5-6H,1-4,7H2,(H,14,18). The third kappa shape index (κ3) is 2.27. The molecular formula is C11H13BrN4O2S. The molecule has 1 unspecified atom stereocenters. The van der Waals surface area contributed by atoms with E-state index in [1.54, 1.807) is 22.6 Å². The third-order valence-corrected chi connectivity index (χ3v) is 5.02. The molecule has 2 aliphatic rings. The first kappa shape index (κ1) is 13.0. The Balaban J connectivity index is 1.68. The number of thioether (sulfide) groups is 1. The van der Waals surface area contributed by atoms with Crippen LogP contribution < -0.4 is 5.32 Å². The Kier molecular flexibility index (Phi) is 3.30. The molecule has 0 aromatic carbocycles. The second-order valence-electron chi connectivity index (χ2n) is 4.69. The summed E-state index contributed by atoms with van der Waals surface area (Å²) in [5, 5.41) is 6.96. The summed E-state index contributed by atoms with van der Waals surface area (Å²) in [4.78, 5) is 25.6. The number of nitrogens with zero attached hydrogens (tertiary/aromatic N) is 3. The molecule has 19 heavy (non-hydrogen) atoms. The average molecular weight is 345 g/mol. The molecule has 102 valence electrons. The van der Waals surface area contributed by atoms with Crippen LogP contribution in [0.2, 0.25) is 0 Å². The van der Waals surface area contributed by atoms with E-state index in [9.17, 15) is 9.59 Å². The quantitative estimate of drug-likeness (QED) is 0.833. The second-order valence-corrected chi connectivity index (χ2v) is 6.71. The fourth-order valence-electron chi connectivity index (χ4n) is 2.37. The molecule has 1 aromatic heterocycles. The Morgan fingerprint density at radius 3 is 2.95 bits per heavy atom. The molecule has 8 heteroatoms. The van der Waals surface area contributed by atoms with Crippen molar-refractivity contribution in [2.75, 3.05) is 18.1 Å². The molecule has 2 fully saturated rings. The zero-order valence-electron chi connectivity index (χ0n) is 10.1. The number of rotatable bonds is 3. The number of hydrogen-bond acceptors (Lipinski definition) is 4. The molecule has 1 spiro atoms. The first-order valence-corrected chi connectivity index (χ1v) is 7.95. The highest BCUT2D eigenvalue weighted by atomic mass is 79.9. The summed E-state index contributed by atoms with van der Waals surface area (Å²) >= 11 is 5.02. The number of hydrogen-bond donors (Lipinski definition) is 1. The Labute approximate surface area is 123 Å². The minimum absolute atomic E-state index is 0.0891. The van der Waals surface area contributed by atoms with Crippen LogP contribution in [0.1, 0.15) is 6.42 Å². The maximum atomic E-state index is 12.4. The fourth-order valence-corrected chi connectivity index (χ4v) is 4.03. The lowest BCUT2D eigenvalue weighted by atomic mass is 9.99. The summed E-state index contributed by atoms with van der Waals surface area (Å²) in [7, 11) is 0. The molecule has 2 saturated heterocycles. The first-order chi connectivity index (χ1) is 9.11. The minimum Gasteiger partial charge on any atom is -0.322 e. The van der Waals surface area contributed by atoms with Crippen molar-refractivity contribution in [2.45, 2.75) is 18.5 Å². The van der Waals surface area contributed by atoms with Gasteiger partial charge in [0, 0.05) is 11.9 Å². The summed E-state index contributed by atoms with van der Waals surface area (Å²) in [6.45, 7) is 0.860. The highest BCUT2D eigenvalue weighted by molar-refractivity contribution is 9.10. The van der Waals surface area contributed by atoms with Gasteiger partial charge in [-0.15, -0.1) is 0 Å². The first-order valence-electron chi connectivity index (χ1n) is 6.01. The van der Waals surface area contributed by atoms with Crippen molar-refractivity contribution in [2.24, 2.45) is 0 Å². The van der Waals surface area contributed by atoms with E-state index in [-0.39, 0.29) is 11.9 Å². The molecule has 3 heterocycles. The Morgan fingerprint density at radius 1 is 1.47 bits per heavy atom. The van der Waals surface area contributed by atoms with E-state index < -0.39 is 5.54 Å². The van der Waals surface area contributed by atoms with Crippen molar-refractivity contribution in [3.8, 4) is 0 Å². The van der Waals surface area contributed by atoms with E-state index in [2.05, 4.69) is 26.3 Å². The Morgan fingerprint density at radius 2 is 2.32 bits per heavy atom. The molecule has 1 atom stereocenters. The molecule has 0 saturated carbocycles. The van der Waals surface area contributed by atoms with E-state index in [1.165, 1.54) is 4.90 Å². The van der Waals surface area contributed by atoms with E-state index in [0.29, 0.717) is 18.8 Å². The monoisotopic (exact) mass is 344 g/mol. The molecule has 0 radical (unpaired) electrons. The normalized spacial score (nSPS) is 26.5. The second kappa shape index (κ2) is 4.82. The number of carbonyl (C=O) groups excluding carboxylic acids is 2. The molecule has 3 rings (SSSR count). The predicted molar refractivity (Wildman–Crippen MR) is 74.8 cm³/mol. The van der Waals surface area contributed by atoms with Crippen LogP contribution >= 0.6 is 27.7 Å². The number of nitrogens with one attached hydrogen (secondary N) is 1. The van der Waals surface area contributed by atoms with Gasteiger partial charge in [-0.3, -0.25) is 14.4 Å². The highest BCUT2D eigenvalue weighted by Gasteiger charge is 2.52. The molecule has 0 aliphatic carbocycles. The maximum absolute atomic E-state index is 12.4. The topological polar surface area (TPSA) is 67.2 Å². The van der Waals surface area contributed by atoms with Gasteiger partial charge in [-0.2, -0.15) is 16.9 Å². The van der Waals surface area contributed by atoms with Crippen LogP contribution in [-0.2, 0) is 11.3 Å².